The van der Waals surface area contributed by atoms with Crippen LogP contribution in [-0.2, 0) is 11.2 Å². The molecule has 0 radical (unpaired) electrons. The summed E-state index contributed by atoms with van der Waals surface area (Å²) in [6.07, 6.45) is 4.43. The van der Waals surface area contributed by atoms with Gasteiger partial charge in [-0.05, 0) is 36.6 Å². The van der Waals surface area contributed by atoms with Crippen LogP contribution in [0.4, 0.5) is 0 Å². The summed E-state index contributed by atoms with van der Waals surface area (Å²) in [6, 6.07) is 3.96. The van der Waals surface area contributed by atoms with Gasteiger partial charge in [-0.2, -0.15) is 0 Å². The maximum absolute atomic E-state index is 11.8. The molecule has 0 fully saturated rings. The van der Waals surface area contributed by atoms with E-state index in [2.05, 4.69) is 24.1 Å². The molecule has 1 heterocycles. The molecule has 1 aromatic heterocycles. The van der Waals surface area contributed by atoms with Crippen molar-refractivity contribution in [3.05, 3.63) is 30.1 Å². The topological polar surface area (TPSA) is 45.2 Å². The Kier molecular flexibility index (Phi) is 6.36. The minimum Gasteiger partial charge on any atom is -0.344 e. The van der Waals surface area contributed by atoms with Crippen LogP contribution in [0.3, 0.4) is 0 Å². The molecule has 0 saturated carbocycles. The van der Waals surface area contributed by atoms with Gasteiger partial charge < -0.3 is 10.2 Å². The fraction of sp³-hybridized carbons (Fsp3) is 0.571. The Morgan fingerprint density at radius 3 is 2.67 bits per heavy atom. The highest BCUT2D eigenvalue weighted by molar-refractivity contribution is 5.77. The maximum Gasteiger partial charge on any atom is 0.236 e. The Bertz CT molecular complexity index is 351. The summed E-state index contributed by atoms with van der Waals surface area (Å²) in [7, 11) is 1.85. The van der Waals surface area contributed by atoms with Gasteiger partial charge in [0, 0.05) is 26.0 Å². The number of pyridine rings is 1. The van der Waals surface area contributed by atoms with Crippen molar-refractivity contribution in [2.45, 2.75) is 20.3 Å². The molecule has 100 valence electrons. The molecule has 0 aliphatic carbocycles. The van der Waals surface area contributed by atoms with Crippen LogP contribution in [-0.4, -0.2) is 42.5 Å². The van der Waals surface area contributed by atoms with Crippen LogP contribution >= 0.6 is 0 Å². The number of likely N-dealkylation sites (N-methyl/N-ethyl adjacent to an activating group) is 1. The number of aromatic nitrogens is 1. The molecule has 0 aliphatic rings. The van der Waals surface area contributed by atoms with E-state index in [-0.39, 0.29) is 5.91 Å². The molecular formula is C14H23N3O. The molecule has 1 N–H and O–H groups in total. The lowest BCUT2D eigenvalue weighted by molar-refractivity contribution is -0.128. The molecule has 0 saturated heterocycles. The average molecular weight is 249 g/mol. The second-order valence-corrected chi connectivity index (χ2v) is 4.95. The van der Waals surface area contributed by atoms with Crippen LogP contribution in [0, 0.1) is 5.92 Å². The standard InChI is InChI=1S/C14H23N3O/c1-12(2)10-16-11-14(18)17(3)9-6-13-4-7-15-8-5-13/h4-5,7-8,12,16H,6,9-11H2,1-3H3. The predicted octanol–water partition coefficient (Wildman–Crippen LogP) is 1.33. The van der Waals surface area contributed by atoms with E-state index in [1.54, 1.807) is 17.3 Å². The second-order valence-electron chi connectivity index (χ2n) is 4.95. The van der Waals surface area contributed by atoms with Gasteiger partial charge >= 0.3 is 0 Å². The minimum absolute atomic E-state index is 0.143. The molecule has 0 aromatic carbocycles. The number of nitrogens with one attached hydrogen (secondary N) is 1. The van der Waals surface area contributed by atoms with Gasteiger partial charge in [0.15, 0.2) is 0 Å². The van der Waals surface area contributed by atoms with Crippen molar-refractivity contribution in [2.75, 3.05) is 26.7 Å². The first kappa shape index (κ1) is 14.6. The van der Waals surface area contributed by atoms with Crippen molar-refractivity contribution >= 4 is 5.91 Å². The quantitative estimate of drug-likeness (QED) is 0.793. The SMILES string of the molecule is CC(C)CNCC(=O)N(C)CCc1ccncc1. The highest BCUT2D eigenvalue weighted by Gasteiger charge is 2.08. The fourth-order valence-electron chi connectivity index (χ4n) is 1.57. The van der Waals surface area contributed by atoms with Gasteiger partial charge in [0.25, 0.3) is 0 Å². The summed E-state index contributed by atoms with van der Waals surface area (Å²) in [4.78, 5) is 17.5. The van der Waals surface area contributed by atoms with Gasteiger partial charge in [0.05, 0.1) is 6.54 Å². The van der Waals surface area contributed by atoms with Crippen molar-refractivity contribution in [1.29, 1.82) is 0 Å². The van der Waals surface area contributed by atoms with Gasteiger partial charge in [-0.3, -0.25) is 9.78 Å². The van der Waals surface area contributed by atoms with Gasteiger partial charge in [-0.25, -0.2) is 0 Å². The van der Waals surface area contributed by atoms with Crippen molar-refractivity contribution in [3.63, 3.8) is 0 Å². The van der Waals surface area contributed by atoms with E-state index in [0.717, 1.165) is 19.5 Å². The first-order valence-corrected chi connectivity index (χ1v) is 6.43. The Morgan fingerprint density at radius 2 is 2.06 bits per heavy atom. The lowest BCUT2D eigenvalue weighted by Gasteiger charge is -2.18. The molecule has 0 bridgehead atoms. The Morgan fingerprint density at radius 1 is 1.39 bits per heavy atom. The van der Waals surface area contributed by atoms with E-state index in [1.165, 1.54) is 5.56 Å². The van der Waals surface area contributed by atoms with Crippen LogP contribution in [0.2, 0.25) is 0 Å². The molecule has 1 aromatic rings. The molecule has 0 aliphatic heterocycles. The van der Waals surface area contributed by atoms with E-state index < -0.39 is 0 Å². The van der Waals surface area contributed by atoms with Gasteiger partial charge in [-0.1, -0.05) is 13.8 Å². The lowest BCUT2D eigenvalue weighted by Crippen LogP contribution is -2.37. The van der Waals surface area contributed by atoms with Crippen LogP contribution in [0.1, 0.15) is 19.4 Å². The molecule has 0 spiro atoms. The summed E-state index contributed by atoms with van der Waals surface area (Å²) >= 11 is 0. The Labute approximate surface area is 109 Å². The largest absolute Gasteiger partial charge is 0.344 e. The maximum atomic E-state index is 11.8. The zero-order valence-corrected chi connectivity index (χ0v) is 11.5. The number of hydrogen-bond donors (Lipinski definition) is 1. The predicted molar refractivity (Wildman–Crippen MR) is 73.3 cm³/mol. The Hall–Kier alpha value is -1.42. The summed E-state index contributed by atoms with van der Waals surface area (Å²) in [6.45, 7) is 6.30. The highest BCUT2D eigenvalue weighted by atomic mass is 16.2. The van der Waals surface area contributed by atoms with Crippen molar-refractivity contribution in [3.8, 4) is 0 Å². The molecule has 1 rings (SSSR count). The number of hydrogen-bond acceptors (Lipinski definition) is 3. The van der Waals surface area contributed by atoms with Crippen LogP contribution in [0.15, 0.2) is 24.5 Å². The van der Waals surface area contributed by atoms with Gasteiger partial charge in [-0.15, -0.1) is 0 Å². The summed E-state index contributed by atoms with van der Waals surface area (Å²) in [5.41, 5.74) is 1.21. The van der Waals surface area contributed by atoms with Crippen LogP contribution in [0.25, 0.3) is 0 Å². The number of amides is 1. The molecule has 4 heteroatoms. The lowest BCUT2D eigenvalue weighted by atomic mass is 10.2. The monoisotopic (exact) mass is 249 g/mol. The zero-order chi connectivity index (χ0) is 13.4. The molecule has 18 heavy (non-hydrogen) atoms. The van der Waals surface area contributed by atoms with Crippen LogP contribution in [0.5, 0.6) is 0 Å². The molecule has 0 atom stereocenters. The number of nitrogens with zero attached hydrogens (tertiary/aromatic N) is 2. The normalized spacial score (nSPS) is 10.7. The van der Waals surface area contributed by atoms with Crippen molar-refractivity contribution in [2.24, 2.45) is 5.92 Å². The van der Waals surface area contributed by atoms with E-state index in [1.807, 2.05) is 19.2 Å². The fourth-order valence-corrected chi connectivity index (χ4v) is 1.57. The van der Waals surface area contributed by atoms with E-state index in [9.17, 15) is 4.79 Å². The zero-order valence-electron chi connectivity index (χ0n) is 11.5. The summed E-state index contributed by atoms with van der Waals surface area (Å²) < 4.78 is 0. The second kappa shape index (κ2) is 7.82. The first-order chi connectivity index (χ1) is 8.59. The van der Waals surface area contributed by atoms with E-state index in [0.29, 0.717) is 12.5 Å². The number of carbonyl (C=O) groups is 1. The molecule has 1 amide bonds. The van der Waals surface area contributed by atoms with Crippen LogP contribution < -0.4 is 5.32 Å². The van der Waals surface area contributed by atoms with Crippen molar-refractivity contribution < 1.29 is 4.79 Å². The smallest absolute Gasteiger partial charge is 0.236 e. The van der Waals surface area contributed by atoms with Gasteiger partial charge in [0.2, 0.25) is 5.91 Å². The van der Waals surface area contributed by atoms with Crippen molar-refractivity contribution in [1.82, 2.24) is 15.2 Å². The number of rotatable bonds is 7. The van der Waals surface area contributed by atoms with E-state index >= 15 is 0 Å². The molecule has 4 nitrogen and oxygen atoms in total. The third-order valence-electron chi connectivity index (χ3n) is 2.74. The Balaban J connectivity index is 2.23. The third-order valence-corrected chi connectivity index (χ3v) is 2.74. The third kappa shape index (κ3) is 5.77. The minimum atomic E-state index is 0.143. The molecular weight excluding hydrogens is 226 g/mol. The average Bonchev–Trinajstić information content (AvgIpc) is 2.36. The molecule has 0 unspecified atom stereocenters. The van der Waals surface area contributed by atoms with E-state index in [4.69, 9.17) is 0 Å². The first-order valence-electron chi connectivity index (χ1n) is 6.43. The number of carbonyl (C=O) groups excluding carboxylic acids is 1. The highest BCUT2D eigenvalue weighted by Crippen LogP contribution is 1.99. The summed E-state index contributed by atoms with van der Waals surface area (Å²) in [5, 5.41) is 3.16. The summed E-state index contributed by atoms with van der Waals surface area (Å²) in [5.74, 6) is 0.713. The van der Waals surface area contributed by atoms with Gasteiger partial charge in [0.1, 0.15) is 0 Å².